The van der Waals surface area contributed by atoms with Crippen molar-refractivity contribution in [2.45, 2.75) is 105 Å². The minimum atomic E-state index is -0.340. The van der Waals surface area contributed by atoms with E-state index < -0.39 is 0 Å². The molecule has 0 fully saturated rings. The Balaban J connectivity index is 0.00000641. The summed E-state index contributed by atoms with van der Waals surface area (Å²) in [5.41, 5.74) is 15.1. The molecule has 0 atom stereocenters. The van der Waals surface area contributed by atoms with Crippen molar-refractivity contribution in [2.24, 2.45) is 0 Å². The van der Waals surface area contributed by atoms with Gasteiger partial charge >= 0.3 is 0 Å². The molecule has 5 heteroatoms. The first kappa shape index (κ1) is 51.4. The van der Waals surface area contributed by atoms with Crippen LogP contribution in [0.1, 0.15) is 105 Å². The number of benzene rings is 9. The first-order valence-electron chi connectivity index (χ1n) is 26.1. The van der Waals surface area contributed by atoms with Crippen molar-refractivity contribution in [1.82, 2.24) is 14.5 Å². The van der Waals surface area contributed by atoms with Crippen molar-refractivity contribution >= 4 is 43.4 Å². The number of aromatic nitrogens is 3. The second kappa shape index (κ2) is 18.9. The summed E-state index contributed by atoms with van der Waals surface area (Å²) in [6.07, 6.45) is 1.93. The summed E-state index contributed by atoms with van der Waals surface area (Å²) in [5, 5.41) is 20.2. The molecule has 0 bridgehead atoms. The molecule has 0 aliphatic heterocycles. The van der Waals surface area contributed by atoms with Crippen LogP contribution >= 0.6 is 0 Å². The molecule has 0 unspecified atom stereocenters. The summed E-state index contributed by atoms with van der Waals surface area (Å²) in [4.78, 5) is 10.8. The topological polar surface area (TPSA) is 50.9 Å². The number of nitrogens with zero attached hydrogens (tertiary/aromatic N) is 3. The van der Waals surface area contributed by atoms with Crippen LogP contribution in [0.15, 0.2) is 176 Å². The molecule has 0 aliphatic carbocycles. The molecule has 0 radical (unpaired) electrons. The molecule has 75 heavy (non-hydrogen) atoms. The monoisotopic (exact) mass is 1160 g/mol. The summed E-state index contributed by atoms with van der Waals surface area (Å²) in [6, 6.07) is 65.5. The second-order valence-electron chi connectivity index (χ2n) is 24.4. The summed E-state index contributed by atoms with van der Waals surface area (Å²) in [6.45, 7) is 26.8. The third kappa shape index (κ3) is 9.42. The fourth-order valence-electron chi connectivity index (χ4n) is 10.7. The molecule has 378 valence electrons. The number of rotatable bonds is 6. The number of imidazole rings is 1. The number of aromatic hydroxyl groups is 1. The van der Waals surface area contributed by atoms with E-state index in [-0.39, 0.29) is 48.5 Å². The van der Waals surface area contributed by atoms with Gasteiger partial charge in [-0.05, 0) is 118 Å². The van der Waals surface area contributed by atoms with E-state index in [4.69, 9.17) is 9.97 Å². The van der Waals surface area contributed by atoms with Crippen molar-refractivity contribution in [1.29, 1.82) is 0 Å². The van der Waals surface area contributed by atoms with E-state index in [9.17, 15) is 5.11 Å². The number of phenols is 1. The van der Waals surface area contributed by atoms with Gasteiger partial charge in [0.25, 0.3) is 0 Å². The summed E-state index contributed by atoms with van der Waals surface area (Å²) >= 11 is 0. The molecule has 0 saturated carbocycles. The van der Waals surface area contributed by atoms with Crippen LogP contribution in [0.3, 0.4) is 0 Å². The molecular weight excluding hydrogens is 1090 g/mol. The van der Waals surface area contributed by atoms with Crippen LogP contribution in [0.25, 0.3) is 105 Å². The average molecular weight is 1160 g/mol. The first-order valence-corrected chi connectivity index (χ1v) is 26.1. The summed E-state index contributed by atoms with van der Waals surface area (Å²) < 4.78 is 2.29. The van der Waals surface area contributed by atoms with E-state index in [2.05, 4.69) is 264 Å². The van der Waals surface area contributed by atoms with Gasteiger partial charge in [0.2, 0.25) is 0 Å². The number of hydrogen-bond donors (Lipinski definition) is 1. The smallest absolute Gasteiger partial charge is 0.148 e. The Labute approximate surface area is 457 Å². The number of hydrogen-bond acceptors (Lipinski definition) is 3. The van der Waals surface area contributed by atoms with Crippen molar-refractivity contribution in [3.05, 3.63) is 204 Å². The molecular formula is C70H66N3OPt-. The van der Waals surface area contributed by atoms with Gasteiger partial charge in [-0.25, -0.2) is 4.98 Å². The Morgan fingerprint density at radius 1 is 0.427 bits per heavy atom. The van der Waals surface area contributed by atoms with Crippen LogP contribution in [0.5, 0.6) is 5.75 Å². The summed E-state index contributed by atoms with van der Waals surface area (Å²) in [7, 11) is 0. The second-order valence-corrected chi connectivity index (χ2v) is 24.4. The van der Waals surface area contributed by atoms with Crippen LogP contribution in [0, 0.1) is 6.07 Å². The molecule has 1 N–H and O–H groups in total. The van der Waals surface area contributed by atoms with Gasteiger partial charge in [-0.1, -0.05) is 216 Å². The Morgan fingerprint density at radius 2 is 0.987 bits per heavy atom. The molecule has 0 spiro atoms. The van der Waals surface area contributed by atoms with E-state index in [0.29, 0.717) is 11.4 Å². The first-order chi connectivity index (χ1) is 35.1. The van der Waals surface area contributed by atoms with E-state index in [1.165, 1.54) is 43.4 Å². The Hall–Kier alpha value is -7.13. The van der Waals surface area contributed by atoms with Crippen LogP contribution in [0.4, 0.5) is 0 Å². The maximum absolute atomic E-state index is 12.7. The minimum absolute atomic E-state index is 0. The normalized spacial score (nSPS) is 12.5. The molecule has 11 aromatic rings. The third-order valence-electron chi connectivity index (χ3n) is 15.0. The van der Waals surface area contributed by atoms with Gasteiger partial charge in [-0.3, -0.25) is 9.55 Å². The molecule has 0 aliphatic rings. The molecule has 9 aromatic carbocycles. The van der Waals surface area contributed by atoms with Gasteiger partial charge in [0.05, 0.1) is 22.3 Å². The zero-order chi connectivity index (χ0) is 52.1. The molecule has 4 nitrogen and oxygen atoms in total. The molecule has 2 aromatic heterocycles. The predicted octanol–water partition coefficient (Wildman–Crippen LogP) is 18.9. The van der Waals surface area contributed by atoms with Gasteiger partial charge in [0.15, 0.2) is 0 Å². The van der Waals surface area contributed by atoms with Crippen molar-refractivity contribution in [3.8, 4) is 67.5 Å². The predicted molar refractivity (Wildman–Crippen MR) is 314 cm³/mol. The van der Waals surface area contributed by atoms with Crippen LogP contribution < -0.4 is 0 Å². The fraction of sp³-hybridized carbons (Fsp3) is 0.229. The maximum atomic E-state index is 12.7. The maximum Gasteiger partial charge on any atom is 0.148 e. The molecule has 2 heterocycles. The summed E-state index contributed by atoms with van der Waals surface area (Å²) in [5.74, 6) is 0.929. The van der Waals surface area contributed by atoms with Crippen molar-refractivity contribution in [2.75, 3.05) is 0 Å². The van der Waals surface area contributed by atoms with Crippen LogP contribution in [0.2, 0.25) is 0 Å². The minimum Gasteiger partial charge on any atom is -0.507 e. The van der Waals surface area contributed by atoms with E-state index >= 15 is 0 Å². The van der Waals surface area contributed by atoms with Crippen LogP contribution in [-0.2, 0) is 42.7 Å². The standard InChI is InChI=1S/C70H66N3O.Pt/c1-67(2,3)48-30-32-62(57(40-48)43-21-14-13-15-22-43)73-63-28-20-27-51(64(63)72-66(73)59-41-50(69(7,8)9)42-60(65(59)74)70(10,11)12)46-35-47(37-49(36-46)68(4,5)6)61-39-45(33-34-71-61)44-29-31-56-54-25-17-16-23-52(54)53-24-18-19-26-55(53)58(56)38-44;/h13-34,36-42,74H,1-12H3;/q-1;. The zero-order valence-electron chi connectivity index (χ0n) is 45.3. The van der Waals surface area contributed by atoms with E-state index in [1.807, 2.05) is 6.20 Å². The van der Waals surface area contributed by atoms with Gasteiger partial charge in [0, 0.05) is 44.1 Å². The third-order valence-corrected chi connectivity index (χ3v) is 15.0. The number of fused-ring (bicyclic) bond motifs is 7. The Morgan fingerprint density at radius 3 is 1.61 bits per heavy atom. The SMILES string of the molecule is CC(C)(C)c1cc(-c2cc(-c3ccc4c5ccccc5c5ccccc5c4c3)ccn2)[c-]c(-c2cccc3c2nc(-c2cc(C(C)(C)C)cc(C(C)(C)C)c2O)n3-c2ccc(C(C)(C)C)cc2-c2ccccc2)c1.[Pt]. The van der Waals surface area contributed by atoms with Crippen molar-refractivity contribution in [3.63, 3.8) is 0 Å². The number of pyridine rings is 1. The van der Waals surface area contributed by atoms with Gasteiger partial charge in [0.1, 0.15) is 11.6 Å². The van der Waals surface area contributed by atoms with Crippen LogP contribution in [-0.4, -0.2) is 19.6 Å². The average Bonchev–Trinajstić information content (AvgIpc) is 3.79. The zero-order valence-corrected chi connectivity index (χ0v) is 47.6. The Kier molecular flexibility index (Phi) is 12.9. The number of para-hydroxylation sites is 1. The number of phenolic OH excluding ortho intramolecular Hbond substituents is 1. The molecule has 0 saturated heterocycles. The van der Waals surface area contributed by atoms with Gasteiger partial charge in [-0.2, -0.15) is 0 Å². The van der Waals surface area contributed by atoms with Gasteiger partial charge in [-0.15, -0.1) is 29.3 Å². The fourth-order valence-corrected chi connectivity index (χ4v) is 10.7. The quantitative estimate of drug-likeness (QED) is 0.133. The van der Waals surface area contributed by atoms with E-state index in [1.54, 1.807) is 0 Å². The van der Waals surface area contributed by atoms with Crippen molar-refractivity contribution < 1.29 is 26.2 Å². The Bertz CT molecular complexity index is 3970. The molecule has 11 rings (SSSR count). The molecule has 0 amide bonds. The largest absolute Gasteiger partial charge is 0.507 e. The van der Waals surface area contributed by atoms with Gasteiger partial charge < -0.3 is 5.11 Å². The van der Waals surface area contributed by atoms with E-state index in [0.717, 1.165) is 72.5 Å².